The van der Waals surface area contributed by atoms with Gasteiger partial charge in [0.05, 0.1) is 6.10 Å². The van der Waals surface area contributed by atoms with Crippen LogP contribution in [0, 0.1) is 11.7 Å². The van der Waals surface area contributed by atoms with Crippen LogP contribution in [0.25, 0.3) is 0 Å². The molecular formula is C13H18FNO. The van der Waals surface area contributed by atoms with Crippen LogP contribution in [0.15, 0.2) is 24.3 Å². The van der Waals surface area contributed by atoms with Crippen molar-refractivity contribution in [3.05, 3.63) is 35.6 Å². The van der Waals surface area contributed by atoms with Crippen molar-refractivity contribution in [3.8, 4) is 0 Å². The van der Waals surface area contributed by atoms with Gasteiger partial charge in [0.25, 0.3) is 0 Å². The first-order valence-electron chi connectivity index (χ1n) is 5.90. The van der Waals surface area contributed by atoms with E-state index in [1.54, 1.807) is 18.2 Å². The monoisotopic (exact) mass is 223 g/mol. The molecule has 1 aliphatic heterocycles. The Hall–Kier alpha value is -0.930. The van der Waals surface area contributed by atoms with Gasteiger partial charge in [-0.25, -0.2) is 4.39 Å². The van der Waals surface area contributed by atoms with Crippen LogP contribution >= 0.6 is 0 Å². The Balaban J connectivity index is 1.96. The lowest BCUT2D eigenvalue weighted by Crippen LogP contribution is -2.28. The molecule has 2 nitrogen and oxygen atoms in total. The third-order valence-corrected chi connectivity index (χ3v) is 3.28. The maximum Gasteiger partial charge on any atom is 0.128 e. The molecular weight excluding hydrogens is 205 g/mol. The number of benzene rings is 1. The average molecular weight is 223 g/mol. The van der Waals surface area contributed by atoms with Crippen molar-refractivity contribution in [2.75, 3.05) is 13.1 Å². The number of rotatable bonds is 3. The molecule has 1 fully saturated rings. The SMILES string of the molecule is OC(CC1CCNCC1)c1ccccc1F. The zero-order valence-electron chi connectivity index (χ0n) is 9.32. The Morgan fingerprint density at radius 1 is 1.31 bits per heavy atom. The van der Waals surface area contributed by atoms with E-state index in [4.69, 9.17) is 0 Å². The third kappa shape index (κ3) is 2.80. The van der Waals surface area contributed by atoms with Crippen LogP contribution in [0.5, 0.6) is 0 Å². The molecule has 1 aliphatic rings. The lowest BCUT2D eigenvalue weighted by molar-refractivity contribution is 0.130. The van der Waals surface area contributed by atoms with E-state index in [2.05, 4.69) is 5.32 Å². The van der Waals surface area contributed by atoms with Crippen molar-refractivity contribution in [2.24, 2.45) is 5.92 Å². The minimum Gasteiger partial charge on any atom is -0.388 e. The summed E-state index contributed by atoms with van der Waals surface area (Å²) in [7, 11) is 0. The number of hydrogen-bond donors (Lipinski definition) is 2. The molecule has 88 valence electrons. The predicted molar refractivity (Wildman–Crippen MR) is 61.6 cm³/mol. The molecule has 1 saturated heterocycles. The minimum absolute atomic E-state index is 0.302. The highest BCUT2D eigenvalue weighted by atomic mass is 19.1. The summed E-state index contributed by atoms with van der Waals surface area (Å²) in [5, 5.41) is 13.3. The van der Waals surface area contributed by atoms with E-state index in [-0.39, 0.29) is 5.82 Å². The van der Waals surface area contributed by atoms with Gasteiger partial charge in [-0.3, -0.25) is 0 Å². The molecule has 0 aliphatic carbocycles. The van der Waals surface area contributed by atoms with Crippen LogP contribution in [0.3, 0.4) is 0 Å². The van der Waals surface area contributed by atoms with Gasteiger partial charge in [0.2, 0.25) is 0 Å². The molecule has 3 heteroatoms. The molecule has 1 heterocycles. The van der Waals surface area contributed by atoms with Gasteiger partial charge in [0, 0.05) is 5.56 Å². The first kappa shape index (κ1) is 11.6. The van der Waals surface area contributed by atoms with Crippen LogP contribution in [-0.2, 0) is 0 Å². The van der Waals surface area contributed by atoms with Gasteiger partial charge in [0.1, 0.15) is 5.82 Å². The second-order valence-electron chi connectivity index (χ2n) is 4.47. The fraction of sp³-hybridized carbons (Fsp3) is 0.538. The Morgan fingerprint density at radius 2 is 2.00 bits per heavy atom. The lowest BCUT2D eigenvalue weighted by atomic mass is 9.89. The molecule has 0 saturated carbocycles. The zero-order valence-corrected chi connectivity index (χ0v) is 9.32. The fourth-order valence-electron chi connectivity index (χ4n) is 2.31. The van der Waals surface area contributed by atoms with E-state index in [0.29, 0.717) is 17.9 Å². The molecule has 1 atom stereocenters. The number of nitrogens with one attached hydrogen (secondary N) is 1. The van der Waals surface area contributed by atoms with Gasteiger partial charge in [-0.2, -0.15) is 0 Å². The van der Waals surface area contributed by atoms with Crippen molar-refractivity contribution in [3.63, 3.8) is 0 Å². The van der Waals surface area contributed by atoms with Crippen molar-refractivity contribution in [1.29, 1.82) is 0 Å². The second-order valence-corrected chi connectivity index (χ2v) is 4.47. The zero-order chi connectivity index (χ0) is 11.4. The van der Waals surface area contributed by atoms with Gasteiger partial charge in [-0.15, -0.1) is 0 Å². The smallest absolute Gasteiger partial charge is 0.128 e. The Bertz CT molecular complexity index is 336. The summed E-state index contributed by atoms with van der Waals surface area (Å²) in [4.78, 5) is 0. The minimum atomic E-state index is -0.663. The molecule has 0 aromatic heterocycles. The molecule has 16 heavy (non-hydrogen) atoms. The molecule has 1 aromatic carbocycles. The van der Waals surface area contributed by atoms with Crippen LogP contribution in [0.1, 0.15) is 30.9 Å². The van der Waals surface area contributed by atoms with Crippen molar-refractivity contribution in [1.82, 2.24) is 5.32 Å². The number of hydrogen-bond acceptors (Lipinski definition) is 2. The number of piperidine rings is 1. The second kappa shape index (κ2) is 5.41. The summed E-state index contributed by atoms with van der Waals surface area (Å²) in [5.74, 6) is 0.208. The Labute approximate surface area is 95.5 Å². The summed E-state index contributed by atoms with van der Waals surface area (Å²) >= 11 is 0. The number of halogens is 1. The lowest BCUT2D eigenvalue weighted by Gasteiger charge is -2.25. The van der Waals surface area contributed by atoms with Crippen molar-refractivity contribution in [2.45, 2.75) is 25.4 Å². The molecule has 1 unspecified atom stereocenters. The summed E-state index contributed by atoms with van der Waals surface area (Å²) in [6, 6.07) is 6.49. The molecule has 0 bridgehead atoms. The van der Waals surface area contributed by atoms with Gasteiger partial charge >= 0.3 is 0 Å². The molecule has 0 amide bonds. The van der Waals surface area contributed by atoms with Crippen LogP contribution < -0.4 is 5.32 Å². The summed E-state index contributed by atoms with van der Waals surface area (Å²) in [5.41, 5.74) is 0.432. The molecule has 2 rings (SSSR count). The van der Waals surface area contributed by atoms with Gasteiger partial charge in [-0.05, 0) is 44.3 Å². The van der Waals surface area contributed by atoms with Crippen molar-refractivity contribution < 1.29 is 9.50 Å². The topological polar surface area (TPSA) is 32.3 Å². The first-order valence-corrected chi connectivity index (χ1v) is 5.90. The highest BCUT2D eigenvalue weighted by molar-refractivity contribution is 5.19. The summed E-state index contributed by atoms with van der Waals surface area (Å²) in [6.45, 7) is 2.02. The van der Waals surface area contributed by atoms with Gasteiger partial charge in [-0.1, -0.05) is 18.2 Å². The van der Waals surface area contributed by atoms with E-state index in [1.807, 2.05) is 0 Å². The van der Waals surface area contributed by atoms with Crippen LogP contribution in [0.4, 0.5) is 4.39 Å². The predicted octanol–water partition coefficient (Wildman–Crippen LogP) is 2.25. The van der Waals surface area contributed by atoms with E-state index in [0.717, 1.165) is 25.9 Å². The Kier molecular flexibility index (Phi) is 3.91. The number of aliphatic hydroxyl groups is 1. The maximum atomic E-state index is 13.4. The molecule has 1 aromatic rings. The summed E-state index contributed by atoms with van der Waals surface area (Å²) in [6.07, 6.45) is 2.16. The average Bonchev–Trinajstić information content (AvgIpc) is 2.31. The van der Waals surface area contributed by atoms with Gasteiger partial charge in [0.15, 0.2) is 0 Å². The molecule has 0 radical (unpaired) electrons. The Morgan fingerprint density at radius 3 is 2.69 bits per heavy atom. The van der Waals surface area contributed by atoms with Gasteiger partial charge < -0.3 is 10.4 Å². The fourth-order valence-corrected chi connectivity index (χ4v) is 2.31. The van der Waals surface area contributed by atoms with E-state index < -0.39 is 6.10 Å². The molecule has 2 N–H and O–H groups in total. The maximum absolute atomic E-state index is 13.4. The quantitative estimate of drug-likeness (QED) is 0.823. The van der Waals surface area contributed by atoms with Crippen LogP contribution in [-0.4, -0.2) is 18.2 Å². The van der Waals surface area contributed by atoms with Crippen molar-refractivity contribution >= 4 is 0 Å². The standard InChI is InChI=1S/C13H18FNO/c14-12-4-2-1-3-11(12)13(16)9-10-5-7-15-8-6-10/h1-4,10,13,15-16H,5-9H2. The van der Waals surface area contributed by atoms with E-state index in [9.17, 15) is 9.50 Å². The first-order chi connectivity index (χ1) is 7.77. The highest BCUT2D eigenvalue weighted by Gasteiger charge is 2.19. The van der Waals surface area contributed by atoms with E-state index >= 15 is 0 Å². The van der Waals surface area contributed by atoms with Crippen LogP contribution in [0.2, 0.25) is 0 Å². The number of aliphatic hydroxyl groups excluding tert-OH is 1. The molecule has 0 spiro atoms. The van der Waals surface area contributed by atoms with E-state index in [1.165, 1.54) is 6.07 Å². The summed E-state index contributed by atoms with van der Waals surface area (Å²) < 4.78 is 13.4. The third-order valence-electron chi connectivity index (χ3n) is 3.28. The highest BCUT2D eigenvalue weighted by Crippen LogP contribution is 2.27. The largest absolute Gasteiger partial charge is 0.388 e. The normalized spacial score (nSPS) is 19.6.